The molecule has 0 aromatic carbocycles. The monoisotopic (exact) mass is 156 g/mol. The molecule has 3 unspecified atom stereocenters. The molecular formula is C9H16O2. The predicted molar refractivity (Wildman–Crippen MR) is 42.5 cm³/mol. The van der Waals surface area contributed by atoms with Crippen molar-refractivity contribution in [3.8, 4) is 0 Å². The van der Waals surface area contributed by atoms with Crippen molar-refractivity contribution >= 4 is 0 Å². The molecule has 0 aliphatic carbocycles. The highest BCUT2D eigenvalue weighted by atomic mass is 16.6. The second kappa shape index (κ2) is 3.11. The summed E-state index contributed by atoms with van der Waals surface area (Å²) in [5.74, 6) is 0. The third-order valence-corrected chi connectivity index (χ3v) is 2.51. The molecule has 11 heavy (non-hydrogen) atoms. The second-order valence-electron chi connectivity index (χ2n) is 3.51. The Morgan fingerprint density at radius 2 is 2.09 bits per heavy atom. The van der Waals surface area contributed by atoms with E-state index in [1.54, 1.807) is 0 Å². The fourth-order valence-electron chi connectivity index (χ4n) is 1.57. The summed E-state index contributed by atoms with van der Waals surface area (Å²) < 4.78 is 10.6. The van der Waals surface area contributed by atoms with E-state index in [0.29, 0.717) is 18.3 Å². The van der Waals surface area contributed by atoms with E-state index in [2.05, 4.69) is 6.92 Å². The second-order valence-corrected chi connectivity index (χ2v) is 3.51. The molecule has 2 heteroatoms. The zero-order valence-corrected chi connectivity index (χ0v) is 7.08. The first-order valence-electron chi connectivity index (χ1n) is 4.67. The lowest BCUT2D eigenvalue weighted by Gasteiger charge is -1.92. The zero-order chi connectivity index (χ0) is 7.68. The van der Waals surface area contributed by atoms with Crippen LogP contribution in [0.5, 0.6) is 0 Å². The van der Waals surface area contributed by atoms with Crippen molar-refractivity contribution < 1.29 is 9.47 Å². The van der Waals surface area contributed by atoms with Gasteiger partial charge in [0.1, 0.15) is 0 Å². The van der Waals surface area contributed by atoms with Crippen LogP contribution in [0.15, 0.2) is 0 Å². The lowest BCUT2D eigenvalue weighted by atomic mass is 10.1. The largest absolute Gasteiger partial charge is 0.373 e. The van der Waals surface area contributed by atoms with Gasteiger partial charge in [-0.15, -0.1) is 0 Å². The molecular weight excluding hydrogens is 140 g/mol. The van der Waals surface area contributed by atoms with Gasteiger partial charge < -0.3 is 9.47 Å². The minimum absolute atomic E-state index is 0.593. The molecule has 2 aliphatic heterocycles. The van der Waals surface area contributed by atoms with Gasteiger partial charge in [-0.05, 0) is 25.7 Å². The van der Waals surface area contributed by atoms with Crippen molar-refractivity contribution in [1.29, 1.82) is 0 Å². The van der Waals surface area contributed by atoms with Crippen LogP contribution in [0.4, 0.5) is 0 Å². The Labute approximate surface area is 67.9 Å². The standard InChI is InChI=1S/C9H16O2/c1-2-8-9(11-8)5-3-4-7-6-10-7/h7-9H,2-6H2,1H3. The maximum absolute atomic E-state index is 5.43. The molecule has 2 heterocycles. The first kappa shape index (κ1) is 7.56. The Bertz CT molecular complexity index is 132. The SMILES string of the molecule is CCC1OC1CCCC1CO1. The molecule has 2 saturated heterocycles. The van der Waals surface area contributed by atoms with E-state index < -0.39 is 0 Å². The van der Waals surface area contributed by atoms with Crippen LogP contribution in [-0.2, 0) is 9.47 Å². The third-order valence-electron chi connectivity index (χ3n) is 2.51. The van der Waals surface area contributed by atoms with Gasteiger partial charge in [0.15, 0.2) is 0 Å². The molecule has 64 valence electrons. The van der Waals surface area contributed by atoms with Crippen LogP contribution in [0.25, 0.3) is 0 Å². The Morgan fingerprint density at radius 1 is 1.27 bits per heavy atom. The fraction of sp³-hybridized carbons (Fsp3) is 1.00. The lowest BCUT2D eigenvalue weighted by Crippen LogP contribution is -1.94. The van der Waals surface area contributed by atoms with E-state index in [0.717, 1.165) is 6.61 Å². The Morgan fingerprint density at radius 3 is 2.64 bits per heavy atom. The highest BCUT2D eigenvalue weighted by Crippen LogP contribution is 2.30. The van der Waals surface area contributed by atoms with Crippen LogP contribution in [0.3, 0.4) is 0 Å². The van der Waals surface area contributed by atoms with Gasteiger partial charge in [-0.2, -0.15) is 0 Å². The van der Waals surface area contributed by atoms with E-state index in [4.69, 9.17) is 9.47 Å². The van der Waals surface area contributed by atoms with E-state index in [1.807, 2.05) is 0 Å². The first-order chi connectivity index (χ1) is 5.40. The van der Waals surface area contributed by atoms with Crippen LogP contribution < -0.4 is 0 Å². The van der Waals surface area contributed by atoms with Crippen LogP contribution in [0.2, 0.25) is 0 Å². The quantitative estimate of drug-likeness (QED) is 0.566. The van der Waals surface area contributed by atoms with Crippen molar-refractivity contribution in [2.24, 2.45) is 0 Å². The first-order valence-corrected chi connectivity index (χ1v) is 4.67. The number of hydrogen-bond donors (Lipinski definition) is 0. The molecule has 2 rings (SSSR count). The summed E-state index contributed by atoms with van der Waals surface area (Å²) in [6.07, 6.45) is 6.76. The number of rotatable bonds is 5. The molecule has 0 spiro atoms. The summed E-state index contributed by atoms with van der Waals surface area (Å²) in [6.45, 7) is 3.19. The average Bonchev–Trinajstić information content (AvgIpc) is 2.79. The van der Waals surface area contributed by atoms with Crippen molar-refractivity contribution in [2.75, 3.05) is 6.61 Å². The normalized spacial score (nSPS) is 40.6. The highest BCUT2D eigenvalue weighted by Gasteiger charge is 2.36. The fourth-order valence-corrected chi connectivity index (χ4v) is 1.57. The van der Waals surface area contributed by atoms with Crippen molar-refractivity contribution in [3.63, 3.8) is 0 Å². The summed E-state index contributed by atoms with van der Waals surface area (Å²) in [4.78, 5) is 0. The topological polar surface area (TPSA) is 25.1 Å². The Kier molecular flexibility index (Phi) is 2.14. The van der Waals surface area contributed by atoms with E-state index >= 15 is 0 Å². The lowest BCUT2D eigenvalue weighted by molar-refractivity contribution is 0.347. The molecule has 0 amide bonds. The van der Waals surface area contributed by atoms with E-state index in [1.165, 1.54) is 25.7 Å². The van der Waals surface area contributed by atoms with Crippen LogP contribution in [0.1, 0.15) is 32.6 Å². The van der Waals surface area contributed by atoms with Crippen molar-refractivity contribution in [1.82, 2.24) is 0 Å². The number of epoxide rings is 2. The average molecular weight is 156 g/mol. The molecule has 2 fully saturated rings. The molecule has 2 nitrogen and oxygen atoms in total. The predicted octanol–water partition coefficient (Wildman–Crippen LogP) is 1.73. The highest BCUT2D eigenvalue weighted by molar-refractivity contribution is 4.83. The summed E-state index contributed by atoms with van der Waals surface area (Å²) in [5, 5.41) is 0. The summed E-state index contributed by atoms with van der Waals surface area (Å²) in [7, 11) is 0. The maximum Gasteiger partial charge on any atom is 0.0841 e. The molecule has 0 radical (unpaired) electrons. The van der Waals surface area contributed by atoms with Gasteiger partial charge >= 0.3 is 0 Å². The van der Waals surface area contributed by atoms with Crippen LogP contribution >= 0.6 is 0 Å². The Balaban J connectivity index is 1.47. The van der Waals surface area contributed by atoms with Crippen LogP contribution in [0, 0.1) is 0 Å². The number of hydrogen-bond acceptors (Lipinski definition) is 2. The van der Waals surface area contributed by atoms with E-state index in [9.17, 15) is 0 Å². The van der Waals surface area contributed by atoms with Crippen molar-refractivity contribution in [2.45, 2.75) is 50.9 Å². The van der Waals surface area contributed by atoms with Gasteiger partial charge in [-0.25, -0.2) is 0 Å². The molecule has 0 aromatic rings. The molecule has 0 saturated carbocycles. The van der Waals surface area contributed by atoms with Gasteiger partial charge in [0.25, 0.3) is 0 Å². The van der Waals surface area contributed by atoms with Gasteiger partial charge in [0.05, 0.1) is 24.9 Å². The molecule has 3 atom stereocenters. The zero-order valence-electron chi connectivity index (χ0n) is 7.08. The third kappa shape index (κ3) is 2.17. The molecule has 0 N–H and O–H groups in total. The summed E-state index contributed by atoms with van der Waals surface area (Å²) in [6, 6.07) is 0. The smallest absolute Gasteiger partial charge is 0.0841 e. The maximum atomic E-state index is 5.43. The van der Waals surface area contributed by atoms with Gasteiger partial charge in [-0.3, -0.25) is 0 Å². The van der Waals surface area contributed by atoms with Crippen molar-refractivity contribution in [3.05, 3.63) is 0 Å². The molecule has 2 aliphatic rings. The minimum Gasteiger partial charge on any atom is -0.373 e. The number of ether oxygens (including phenoxy) is 2. The summed E-state index contributed by atoms with van der Waals surface area (Å²) >= 11 is 0. The molecule has 0 bridgehead atoms. The van der Waals surface area contributed by atoms with Gasteiger partial charge in [-0.1, -0.05) is 6.92 Å². The van der Waals surface area contributed by atoms with Gasteiger partial charge in [0.2, 0.25) is 0 Å². The van der Waals surface area contributed by atoms with Crippen LogP contribution in [-0.4, -0.2) is 24.9 Å². The van der Waals surface area contributed by atoms with Gasteiger partial charge in [0, 0.05) is 0 Å². The Hall–Kier alpha value is -0.0800. The minimum atomic E-state index is 0.593. The molecule has 0 aromatic heterocycles. The van der Waals surface area contributed by atoms with E-state index in [-0.39, 0.29) is 0 Å². The summed E-state index contributed by atoms with van der Waals surface area (Å²) in [5.41, 5.74) is 0.